The zero-order valence-corrected chi connectivity index (χ0v) is 15.6. The largest absolute Gasteiger partial charge is 0.493 e. The normalized spacial score (nSPS) is 21.7. The van der Waals surface area contributed by atoms with Gasteiger partial charge in [-0.15, -0.1) is 0 Å². The maximum atomic E-state index is 13.2. The quantitative estimate of drug-likeness (QED) is 0.726. The van der Waals surface area contributed by atoms with E-state index in [2.05, 4.69) is 5.16 Å². The number of rotatable bonds is 4. The highest BCUT2D eigenvalue weighted by Gasteiger charge is 2.56. The molecular formula is C20H16N2O7. The molecule has 148 valence electrons. The molecule has 0 radical (unpaired) electrons. The molecule has 2 atom stereocenters. The lowest BCUT2D eigenvalue weighted by molar-refractivity contribution is -0.126. The van der Waals surface area contributed by atoms with E-state index in [1.54, 1.807) is 36.4 Å². The highest BCUT2D eigenvalue weighted by Crippen LogP contribution is 2.40. The van der Waals surface area contributed by atoms with Crippen LogP contribution in [-0.4, -0.2) is 44.6 Å². The summed E-state index contributed by atoms with van der Waals surface area (Å²) in [5.74, 6) is 0.351. The number of imide groups is 1. The van der Waals surface area contributed by atoms with E-state index in [0.717, 1.165) is 4.90 Å². The van der Waals surface area contributed by atoms with Crippen LogP contribution in [0.2, 0.25) is 0 Å². The molecule has 0 aromatic heterocycles. The second-order valence-electron chi connectivity index (χ2n) is 6.60. The lowest BCUT2D eigenvalue weighted by Gasteiger charge is -2.16. The van der Waals surface area contributed by atoms with Crippen molar-refractivity contribution >= 4 is 23.2 Å². The fourth-order valence-electron chi connectivity index (χ4n) is 3.69. The molecular weight excluding hydrogens is 380 g/mol. The van der Waals surface area contributed by atoms with E-state index in [1.165, 1.54) is 14.2 Å². The van der Waals surface area contributed by atoms with Gasteiger partial charge < -0.3 is 23.8 Å². The molecule has 0 spiro atoms. The monoisotopic (exact) mass is 396 g/mol. The molecule has 0 aliphatic carbocycles. The van der Waals surface area contributed by atoms with E-state index in [-0.39, 0.29) is 6.79 Å². The fraction of sp³-hybridized carbons (Fsp3) is 0.250. The number of nitrogens with zero attached hydrogens (tertiary/aromatic N) is 2. The third kappa shape index (κ3) is 2.50. The first-order chi connectivity index (χ1) is 14.1. The van der Waals surface area contributed by atoms with Gasteiger partial charge in [0.1, 0.15) is 11.6 Å². The van der Waals surface area contributed by atoms with E-state index in [9.17, 15) is 9.59 Å². The Morgan fingerprint density at radius 2 is 1.76 bits per heavy atom. The molecule has 3 aliphatic heterocycles. The van der Waals surface area contributed by atoms with Gasteiger partial charge in [-0.25, -0.2) is 4.90 Å². The van der Waals surface area contributed by atoms with Crippen molar-refractivity contribution in [1.29, 1.82) is 0 Å². The van der Waals surface area contributed by atoms with E-state index >= 15 is 0 Å². The maximum absolute atomic E-state index is 13.2. The molecule has 2 unspecified atom stereocenters. The first-order valence-corrected chi connectivity index (χ1v) is 8.86. The van der Waals surface area contributed by atoms with Gasteiger partial charge in [0.05, 0.1) is 19.9 Å². The van der Waals surface area contributed by atoms with Crippen LogP contribution in [0.25, 0.3) is 0 Å². The minimum Gasteiger partial charge on any atom is -0.493 e. The van der Waals surface area contributed by atoms with Crippen molar-refractivity contribution in [1.82, 2.24) is 0 Å². The number of carbonyl (C=O) groups is 2. The summed E-state index contributed by atoms with van der Waals surface area (Å²) in [4.78, 5) is 32.5. The predicted molar refractivity (Wildman–Crippen MR) is 99.5 cm³/mol. The Bertz CT molecular complexity index is 1060. The Hall–Kier alpha value is -3.75. The summed E-state index contributed by atoms with van der Waals surface area (Å²) < 4.78 is 21.2. The highest BCUT2D eigenvalue weighted by molar-refractivity contribution is 6.32. The van der Waals surface area contributed by atoms with Crippen molar-refractivity contribution in [3.05, 3.63) is 42.0 Å². The molecule has 2 amide bonds. The van der Waals surface area contributed by atoms with Crippen LogP contribution in [0, 0.1) is 5.92 Å². The second kappa shape index (κ2) is 6.40. The Morgan fingerprint density at radius 3 is 2.55 bits per heavy atom. The highest BCUT2D eigenvalue weighted by atomic mass is 16.7. The van der Waals surface area contributed by atoms with Gasteiger partial charge in [0, 0.05) is 11.6 Å². The number of fused-ring (bicyclic) bond motifs is 2. The molecule has 1 fully saturated rings. The Kier molecular flexibility index (Phi) is 3.83. The summed E-state index contributed by atoms with van der Waals surface area (Å²) in [5, 5.41) is 4.02. The van der Waals surface area contributed by atoms with Crippen LogP contribution >= 0.6 is 0 Å². The Balaban J connectivity index is 1.49. The SMILES string of the molecule is COc1ccc(C2=NOC3C(=O)N(c4ccc5c(c4)OCO5)C(=O)C23)cc1OC. The standard InChI is InChI=1S/C20H16N2O7/c1-25-12-5-3-10(7-14(12)26-2)17-16-18(29-21-17)20(24)22(19(16)23)11-4-6-13-15(8-11)28-9-27-13/h3-8,16,18H,9H2,1-2H3. The lowest BCUT2D eigenvalue weighted by atomic mass is 9.94. The smallest absolute Gasteiger partial charge is 0.278 e. The van der Waals surface area contributed by atoms with Crippen LogP contribution in [0.4, 0.5) is 5.69 Å². The van der Waals surface area contributed by atoms with Crippen molar-refractivity contribution in [2.75, 3.05) is 25.9 Å². The molecule has 2 aromatic carbocycles. The average molecular weight is 396 g/mol. The fourth-order valence-corrected chi connectivity index (χ4v) is 3.69. The minimum absolute atomic E-state index is 0.102. The molecule has 5 rings (SSSR count). The number of methoxy groups -OCH3 is 2. The van der Waals surface area contributed by atoms with Gasteiger partial charge in [0.2, 0.25) is 18.8 Å². The molecule has 0 N–H and O–H groups in total. The summed E-state index contributed by atoms with van der Waals surface area (Å²) in [6.45, 7) is 0.102. The van der Waals surface area contributed by atoms with Gasteiger partial charge in [-0.1, -0.05) is 5.16 Å². The van der Waals surface area contributed by atoms with Crippen LogP contribution < -0.4 is 23.8 Å². The minimum atomic E-state index is -1.00. The number of ether oxygens (including phenoxy) is 4. The Morgan fingerprint density at radius 1 is 0.966 bits per heavy atom. The van der Waals surface area contributed by atoms with Crippen molar-refractivity contribution < 1.29 is 33.4 Å². The van der Waals surface area contributed by atoms with E-state index < -0.39 is 23.8 Å². The molecule has 1 saturated heterocycles. The number of benzene rings is 2. The molecule has 2 aromatic rings. The summed E-state index contributed by atoms with van der Waals surface area (Å²) >= 11 is 0. The predicted octanol–water partition coefficient (Wildman–Crippen LogP) is 1.72. The molecule has 29 heavy (non-hydrogen) atoms. The molecule has 3 aliphatic rings. The first-order valence-electron chi connectivity index (χ1n) is 8.86. The van der Waals surface area contributed by atoms with Gasteiger partial charge in [0.15, 0.2) is 23.0 Å². The molecule has 3 heterocycles. The lowest BCUT2D eigenvalue weighted by Crippen LogP contribution is -2.33. The topological polar surface area (TPSA) is 95.9 Å². The van der Waals surface area contributed by atoms with Crippen molar-refractivity contribution in [2.45, 2.75) is 6.10 Å². The van der Waals surface area contributed by atoms with E-state index in [0.29, 0.717) is 40.0 Å². The third-order valence-corrected chi connectivity index (χ3v) is 5.11. The average Bonchev–Trinajstić information content (AvgIpc) is 3.44. The zero-order valence-electron chi connectivity index (χ0n) is 15.6. The van der Waals surface area contributed by atoms with Gasteiger partial charge in [-0.3, -0.25) is 9.59 Å². The number of carbonyl (C=O) groups excluding carboxylic acids is 2. The van der Waals surface area contributed by atoms with Crippen LogP contribution in [0.5, 0.6) is 23.0 Å². The van der Waals surface area contributed by atoms with Gasteiger partial charge in [0.25, 0.3) is 5.91 Å². The molecule has 9 nitrogen and oxygen atoms in total. The summed E-state index contributed by atoms with van der Waals surface area (Å²) in [5.41, 5.74) is 1.38. The maximum Gasteiger partial charge on any atom is 0.278 e. The third-order valence-electron chi connectivity index (χ3n) is 5.11. The van der Waals surface area contributed by atoms with Crippen LogP contribution in [0.1, 0.15) is 5.56 Å². The van der Waals surface area contributed by atoms with Crippen molar-refractivity contribution in [3.63, 3.8) is 0 Å². The van der Waals surface area contributed by atoms with Gasteiger partial charge >= 0.3 is 0 Å². The number of hydrogen-bond donors (Lipinski definition) is 0. The summed E-state index contributed by atoms with van der Waals surface area (Å²) in [6.07, 6.45) is -1.00. The van der Waals surface area contributed by atoms with E-state index in [1.807, 2.05) is 0 Å². The number of hydrogen-bond acceptors (Lipinski definition) is 8. The molecule has 0 saturated carbocycles. The van der Waals surface area contributed by atoms with Crippen LogP contribution in [0.15, 0.2) is 41.6 Å². The number of oxime groups is 1. The van der Waals surface area contributed by atoms with Crippen LogP contribution in [-0.2, 0) is 14.4 Å². The van der Waals surface area contributed by atoms with Crippen LogP contribution in [0.3, 0.4) is 0 Å². The zero-order chi connectivity index (χ0) is 20.1. The number of amides is 2. The second-order valence-corrected chi connectivity index (χ2v) is 6.60. The first kappa shape index (κ1) is 17.4. The van der Waals surface area contributed by atoms with Crippen molar-refractivity contribution in [3.8, 4) is 23.0 Å². The molecule has 0 bridgehead atoms. The summed E-state index contributed by atoms with van der Waals surface area (Å²) in [7, 11) is 3.05. The summed E-state index contributed by atoms with van der Waals surface area (Å²) in [6, 6.07) is 10.1. The number of anilines is 1. The molecule has 9 heteroatoms. The Labute approximate surface area is 165 Å². The van der Waals surface area contributed by atoms with Gasteiger partial charge in [-0.2, -0.15) is 0 Å². The van der Waals surface area contributed by atoms with Gasteiger partial charge in [-0.05, 0) is 30.3 Å². The van der Waals surface area contributed by atoms with Crippen molar-refractivity contribution in [2.24, 2.45) is 11.1 Å². The van der Waals surface area contributed by atoms with E-state index in [4.69, 9.17) is 23.8 Å².